The van der Waals surface area contributed by atoms with Crippen molar-refractivity contribution >= 4 is 55.0 Å². The maximum Gasteiger partial charge on any atom is 0.266 e. The molecule has 138 valence electrons. The summed E-state index contributed by atoms with van der Waals surface area (Å²) in [7, 11) is -2.13. The van der Waals surface area contributed by atoms with Crippen molar-refractivity contribution in [2.24, 2.45) is 7.05 Å². The average molecular weight is 479 g/mol. The number of aryl methyl sites for hydroxylation is 2. The lowest BCUT2D eigenvalue weighted by molar-refractivity contribution is 0.600. The molecule has 0 saturated carbocycles. The molecule has 7 nitrogen and oxygen atoms in total. The van der Waals surface area contributed by atoms with Gasteiger partial charge in [-0.3, -0.25) is 14.1 Å². The van der Waals surface area contributed by atoms with E-state index in [9.17, 15) is 8.42 Å². The van der Waals surface area contributed by atoms with E-state index < -0.39 is 10.0 Å². The SMILES string of the molecule is Cc1nn(C)cc1S(=O)(=O)Nc1nn(Cc2ccc(Cl)c(Cl)c2)cc1Br. The molecule has 3 aromatic rings. The van der Waals surface area contributed by atoms with Gasteiger partial charge in [0.05, 0.1) is 26.8 Å². The van der Waals surface area contributed by atoms with Crippen molar-refractivity contribution in [3.05, 3.63) is 56.4 Å². The summed E-state index contributed by atoms with van der Waals surface area (Å²) < 4.78 is 31.2. The monoisotopic (exact) mass is 477 g/mol. The van der Waals surface area contributed by atoms with E-state index in [1.54, 1.807) is 37.0 Å². The minimum Gasteiger partial charge on any atom is -0.274 e. The molecule has 1 N–H and O–H groups in total. The van der Waals surface area contributed by atoms with E-state index in [1.165, 1.54) is 10.9 Å². The summed E-state index contributed by atoms with van der Waals surface area (Å²) in [5, 5.41) is 9.25. The number of hydrogen-bond donors (Lipinski definition) is 1. The maximum atomic E-state index is 12.6. The summed E-state index contributed by atoms with van der Waals surface area (Å²) in [5.41, 5.74) is 1.29. The topological polar surface area (TPSA) is 81.8 Å². The summed E-state index contributed by atoms with van der Waals surface area (Å²) in [6.45, 7) is 2.04. The zero-order chi connectivity index (χ0) is 19.1. The van der Waals surface area contributed by atoms with Crippen molar-refractivity contribution in [3.8, 4) is 0 Å². The second-order valence-corrected chi connectivity index (χ2v) is 8.95. The van der Waals surface area contributed by atoms with Crippen LogP contribution in [0.4, 0.5) is 5.82 Å². The number of nitrogens with zero attached hydrogens (tertiary/aromatic N) is 4. The average Bonchev–Trinajstić information content (AvgIpc) is 3.05. The van der Waals surface area contributed by atoms with Crippen molar-refractivity contribution in [3.63, 3.8) is 0 Å². The Bertz CT molecular complexity index is 1080. The van der Waals surface area contributed by atoms with Crippen LogP contribution in [0.2, 0.25) is 10.0 Å². The molecule has 3 rings (SSSR count). The van der Waals surface area contributed by atoms with Crippen LogP contribution in [0, 0.1) is 6.92 Å². The van der Waals surface area contributed by atoms with Gasteiger partial charge in [0.1, 0.15) is 4.90 Å². The standard InChI is InChI=1S/C15H14BrCl2N5O2S/c1-9-14(8-22(2)19-9)26(24,25)21-15-11(16)7-23(20-15)6-10-3-4-12(17)13(18)5-10/h3-5,7-8H,6H2,1-2H3,(H,20,21). The molecule has 11 heteroatoms. The van der Waals surface area contributed by atoms with E-state index in [0.29, 0.717) is 26.8 Å². The quantitative estimate of drug-likeness (QED) is 0.603. The number of sulfonamides is 1. The maximum absolute atomic E-state index is 12.6. The molecule has 0 aliphatic rings. The Hall–Kier alpha value is -1.55. The molecule has 0 unspecified atom stereocenters. The van der Waals surface area contributed by atoms with E-state index in [4.69, 9.17) is 23.2 Å². The summed E-state index contributed by atoms with van der Waals surface area (Å²) in [4.78, 5) is 0.103. The third kappa shape index (κ3) is 4.06. The lowest BCUT2D eigenvalue weighted by atomic mass is 10.2. The van der Waals surface area contributed by atoms with Crippen LogP contribution in [0.3, 0.4) is 0 Å². The van der Waals surface area contributed by atoms with Crippen LogP contribution in [0.1, 0.15) is 11.3 Å². The highest BCUT2D eigenvalue weighted by Gasteiger charge is 2.22. The third-order valence-corrected chi connectivity index (χ3v) is 6.30. The highest BCUT2D eigenvalue weighted by molar-refractivity contribution is 9.10. The van der Waals surface area contributed by atoms with Gasteiger partial charge >= 0.3 is 0 Å². The van der Waals surface area contributed by atoms with Crippen LogP contribution >= 0.6 is 39.1 Å². The zero-order valence-corrected chi connectivity index (χ0v) is 17.7. The number of rotatable bonds is 5. The molecule has 0 atom stereocenters. The van der Waals surface area contributed by atoms with Gasteiger partial charge < -0.3 is 0 Å². The van der Waals surface area contributed by atoms with E-state index in [-0.39, 0.29) is 10.7 Å². The first-order chi connectivity index (χ1) is 12.2. The second kappa shape index (κ2) is 7.22. The molecule has 0 bridgehead atoms. The number of halogens is 3. The number of nitrogens with one attached hydrogen (secondary N) is 1. The van der Waals surface area contributed by atoms with Crippen LogP contribution < -0.4 is 4.72 Å². The van der Waals surface area contributed by atoms with Gasteiger partial charge in [0.2, 0.25) is 0 Å². The second-order valence-electron chi connectivity index (χ2n) is 5.63. The lowest BCUT2D eigenvalue weighted by Crippen LogP contribution is -2.14. The highest BCUT2D eigenvalue weighted by atomic mass is 79.9. The Balaban J connectivity index is 1.84. The van der Waals surface area contributed by atoms with Crippen LogP contribution in [0.25, 0.3) is 0 Å². The van der Waals surface area contributed by atoms with Gasteiger partial charge in [-0.05, 0) is 40.5 Å². The predicted octanol–water partition coefficient (Wildman–Crippen LogP) is 3.84. The molecule has 26 heavy (non-hydrogen) atoms. The molecule has 0 amide bonds. The van der Waals surface area contributed by atoms with Gasteiger partial charge in [-0.15, -0.1) is 0 Å². The summed E-state index contributed by atoms with van der Waals surface area (Å²) >= 11 is 15.3. The fourth-order valence-corrected chi connectivity index (χ4v) is 4.50. The van der Waals surface area contributed by atoms with E-state index >= 15 is 0 Å². The summed E-state index contributed by atoms with van der Waals surface area (Å²) in [6, 6.07) is 5.27. The normalized spacial score (nSPS) is 11.7. The molecule has 0 spiro atoms. The van der Waals surface area contributed by atoms with E-state index in [1.807, 2.05) is 6.07 Å². The number of aromatic nitrogens is 4. The molecule has 1 aromatic carbocycles. The third-order valence-electron chi connectivity index (χ3n) is 3.53. The Morgan fingerprint density at radius 1 is 1.19 bits per heavy atom. The Labute approximate surface area is 169 Å². The van der Waals surface area contributed by atoms with Gasteiger partial charge in [-0.1, -0.05) is 29.3 Å². The summed E-state index contributed by atoms with van der Waals surface area (Å²) in [6.07, 6.45) is 3.12. The van der Waals surface area contributed by atoms with Gasteiger partial charge in [-0.25, -0.2) is 8.42 Å². The van der Waals surface area contributed by atoms with Crippen molar-refractivity contribution in [1.82, 2.24) is 19.6 Å². The van der Waals surface area contributed by atoms with E-state index in [0.717, 1.165) is 5.56 Å². The van der Waals surface area contributed by atoms with Crippen molar-refractivity contribution < 1.29 is 8.42 Å². The Morgan fingerprint density at radius 2 is 1.92 bits per heavy atom. The van der Waals surface area contributed by atoms with Crippen LogP contribution in [-0.4, -0.2) is 28.0 Å². The Morgan fingerprint density at radius 3 is 2.54 bits per heavy atom. The van der Waals surface area contributed by atoms with Gasteiger partial charge in [0.25, 0.3) is 10.0 Å². The zero-order valence-electron chi connectivity index (χ0n) is 13.7. The van der Waals surface area contributed by atoms with Gasteiger partial charge in [-0.2, -0.15) is 10.2 Å². The van der Waals surface area contributed by atoms with Crippen molar-refractivity contribution in [1.29, 1.82) is 0 Å². The first-order valence-corrected chi connectivity index (χ1v) is 10.4. The molecule has 2 heterocycles. The molecule has 0 aliphatic heterocycles. The fourth-order valence-electron chi connectivity index (χ4n) is 2.40. The number of anilines is 1. The minimum atomic E-state index is -3.80. The first kappa shape index (κ1) is 19.2. The Kier molecular flexibility index (Phi) is 5.34. The fraction of sp³-hybridized carbons (Fsp3) is 0.200. The summed E-state index contributed by atoms with van der Waals surface area (Å²) in [5.74, 6) is 0.188. The van der Waals surface area contributed by atoms with Crippen molar-refractivity contribution in [2.45, 2.75) is 18.4 Å². The first-order valence-electron chi connectivity index (χ1n) is 7.35. The van der Waals surface area contributed by atoms with E-state index in [2.05, 4.69) is 30.8 Å². The van der Waals surface area contributed by atoms with Crippen LogP contribution in [-0.2, 0) is 23.6 Å². The van der Waals surface area contributed by atoms with Gasteiger partial charge in [0, 0.05) is 19.4 Å². The molecule has 0 aliphatic carbocycles. The van der Waals surface area contributed by atoms with Crippen molar-refractivity contribution in [2.75, 3.05) is 4.72 Å². The minimum absolute atomic E-state index is 0.103. The van der Waals surface area contributed by atoms with Crippen LogP contribution in [0.5, 0.6) is 0 Å². The van der Waals surface area contributed by atoms with Gasteiger partial charge in [0.15, 0.2) is 5.82 Å². The predicted molar refractivity (Wildman–Crippen MR) is 104 cm³/mol. The molecule has 2 aromatic heterocycles. The lowest BCUT2D eigenvalue weighted by Gasteiger charge is -2.05. The largest absolute Gasteiger partial charge is 0.274 e. The molecular weight excluding hydrogens is 465 g/mol. The highest BCUT2D eigenvalue weighted by Crippen LogP contribution is 2.26. The molecular formula is C15H14BrCl2N5O2S. The van der Waals surface area contributed by atoms with Crippen LogP contribution in [0.15, 0.2) is 40.0 Å². The molecule has 0 radical (unpaired) electrons. The number of hydrogen-bond acceptors (Lipinski definition) is 4. The molecule has 0 fully saturated rings. The molecule has 0 saturated heterocycles. The number of benzene rings is 1. The smallest absolute Gasteiger partial charge is 0.266 e.